The lowest BCUT2D eigenvalue weighted by molar-refractivity contribution is -0.150. The summed E-state index contributed by atoms with van der Waals surface area (Å²) in [6.07, 6.45) is 1.04. The molecule has 1 aliphatic heterocycles. The number of carbonyl (C=O) groups excluding carboxylic acids is 1. The van der Waals surface area contributed by atoms with E-state index in [1.165, 1.54) is 34.3 Å². The summed E-state index contributed by atoms with van der Waals surface area (Å²) in [5.41, 5.74) is 0. The van der Waals surface area contributed by atoms with Crippen LogP contribution in [0.25, 0.3) is 0 Å². The van der Waals surface area contributed by atoms with Gasteiger partial charge >= 0.3 is 5.97 Å². The Morgan fingerprint density at radius 3 is 2.17 bits per heavy atom. The van der Waals surface area contributed by atoms with E-state index in [0.29, 0.717) is 0 Å². The highest BCUT2D eigenvalue weighted by Crippen LogP contribution is 2.04. The van der Waals surface area contributed by atoms with Gasteiger partial charge in [0.05, 0.1) is 32.8 Å². The number of morpholine rings is 1. The Labute approximate surface area is 141 Å². The highest BCUT2D eigenvalue weighted by molar-refractivity contribution is 5.69. The first kappa shape index (κ1) is 24.5. The third kappa shape index (κ3) is 11.4. The van der Waals surface area contributed by atoms with E-state index < -0.39 is 6.29 Å². The van der Waals surface area contributed by atoms with Crippen molar-refractivity contribution in [2.75, 3.05) is 61.2 Å². The monoisotopic (exact) mass is 336 g/mol. The summed E-state index contributed by atoms with van der Waals surface area (Å²) in [5, 5.41) is 2.92. The minimum Gasteiger partial charge on any atom is -0.469 e. The minimum absolute atomic E-state index is 0. The molecule has 0 saturated carbocycles. The second-order valence-corrected chi connectivity index (χ2v) is 4.97. The van der Waals surface area contributed by atoms with E-state index in [1.54, 1.807) is 7.05 Å². The first-order valence-corrected chi connectivity index (χ1v) is 7.72. The van der Waals surface area contributed by atoms with Crippen LogP contribution in [0.15, 0.2) is 0 Å². The number of esters is 1. The summed E-state index contributed by atoms with van der Waals surface area (Å²) in [7, 11) is 6.13. The molecule has 0 aromatic rings. The molecule has 7 nitrogen and oxygen atoms in total. The normalized spacial score (nSPS) is 16.1. The van der Waals surface area contributed by atoms with E-state index >= 15 is 0 Å². The molecule has 0 bridgehead atoms. The first-order chi connectivity index (χ1) is 10.6. The van der Waals surface area contributed by atoms with Crippen LogP contribution in [-0.4, -0.2) is 84.4 Å². The predicted octanol–water partition coefficient (Wildman–Crippen LogP) is 1.12. The molecule has 1 saturated heterocycles. The third-order valence-corrected chi connectivity index (χ3v) is 3.42. The number of carbonyl (C=O) groups is 1. The van der Waals surface area contributed by atoms with Crippen molar-refractivity contribution in [3.05, 3.63) is 0 Å². The molecule has 140 valence electrons. The number of rotatable bonds is 8. The van der Waals surface area contributed by atoms with Gasteiger partial charge in [-0.2, -0.15) is 0 Å². The van der Waals surface area contributed by atoms with Gasteiger partial charge in [-0.25, -0.2) is 0 Å². The molecule has 1 atom stereocenters. The van der Waals surface area contributed by atoms with Crippen LogP contribution >= 0.6 is 0 Å². The van der Waals surface area contributed by atoms with Crippen molar-refractivity contribution in [3.63, 3.8) is 0 Å². The molecule has 1 fully saturated rings. The highest BCUT2D eigenvalue weighted by atomic mass is 16.7. The molecular formula is C16H36N2O5. The second-order valence-electron chi connectivity index (χ2n) is 4.97. The van der Waals surface area contributed by atoms with Crippen LogP contribution in [0, 0.1) is 0 Å². The summed E-state index contributed by atoms with van der Waals surface area (Å²) >= 11 is 0. The Balaban J connectivity index is 0. The summed E-state index contributed by atoms with van der Waals surface area (Å²) in [4.78, 5) is 13.4. The summed E-state index contributed by atoms with van der Waals surface area (Å²) in [6, 6.07) is -0.192. The Kier molecular flexibility index (Phi) is 17.2. The maximum Gasteiger partial charge on any atom is 0.307 e. The number of hydrogen-bond donors (Lipinski definition) is 1. The predicted molar refractivity (Wildman–Crippen MR) is 91.6 cm³/mol. The van der Waals surface area contributed by atoms with E-state index in [1.807, 2.05) is 0 Å². The molecule has 1 unspecified atom stereocenters. The Morgan fingerprint density at radius 2 is 1.78 bits per heavy atom. The molecule has 0 spiro atoms. The Bertz CT molecular complexity index is 266. The fourth-order valence-electron chi connectivity index (χ4n) is 2.16. The lowest BCUT2D eigenvalue weighted by Crippen LogP contribution is -2.41. The third-order valence-electron chi connectivity index (χ3n) is 3.42. The molecular weight excluding hydrogens is 300 g/mol. The Hall–Kier alpha value is -0.730. The molecule has 0 aliphatic carbocycles. The van der Waals surface area contributed by atoms with Crippen molar-refractivity contribution in [2.24, 2.45) is 0 Å². The Morgan fingerprint density at radius 1 is 1.22 bits per heavy atom. The summed E-state index contributed by atoms with van der Waals surface area (Å²) in [5.74, 6) is -0.293. The van der Waals surface area contributed by atoms with Crippen LogP contribution in [0.1, 0.15) is 27.2 Å². The molecule has 1 N–H and O–H groups in total. The van der Waals surface area contributed by atoms with Crippen molar-refractivity contribution in [3.8, 4) is 0 Å². The van der Waals surface area contributed by atoms with Crippen LogP contribution in [-0.2, 0) is 23.7 Å². The SMILES string of the molecule is C.CCCN1CCOCC1.CNC(CC(=O)OC)C(OC)OC. The topological polar surface area (TPSA) is 69.3 Å². The zero-order valence-corrected chi connectivity index (χ0v) is 14.6. The van der Waals surface area contributed by atoms with Gasteiger partial charge in [0.1, 0.15) is 0 Å². The maximum atomic E-state index is 10.9. The highest BCUT2D eigenvalue weighted by Gasteiger charge is 2.22. The van der Waals surface area contributed by atoms with Crippen LogP contribution in [0.5, 0.6) is 0 Å². The van der Waals surface area contributed by atoms with Gasteiger partial charge in [0.25, 0.3) is 0 Å². The average molecular weight is 336 g/mol. The molecule has 23 heavy (non-hydrogen) atoms. The average Bonchev–Trinajstić information content (AvgIpc) is 2.56. The number of methoxy groups -OCH3 is 3. The van der Waals surface area contributed by atoms with E-state index in [0.717, 1.165) is 26.3 Å². The van der Waals surface area contributed by atoms with Crippen molar-refractivity contribution in [1.82, 2.24) is 10.2 Å². The van der Waals surface area contributed by atoms with Gasteiger partial charge in [0.2, 0.25) is 0 Å². The second kappa shape index (κ2) is 16.1. The number of hydrogen-bond acceptors (Lipinski definition) is 7. The number of nitrogens with one attached hydrogen (secondary N) is 1. The quantitative estimate of drug-likeness (QED) is 0.526. The van der Waals surface area contributed by atoms with Gasteiger partial charge in [-0.3, -0.25) is 9.69 Å². The molecule has 0 amide bonds. The van der Waals surface area contributed by atoms with Gasteiger partial charge in [-0.05, 0) is 20.0 Å². The van der Waals surface area contributed by atoms with Crippen molar-refractivity contribution >= 4 is 5.97 Å². The van der Waals surface area contributed by atoms with Crippen LogP contribution < -0.4 is 5.32 Å². The van der Waals surface area contributed by atoms with E-state index in [2.05, 4.69) is 21.9 Å². The zero-order valence-electron chi connectivity index (χ0n) is 14.6. The van der Waals surface area contributed by atoms with E-state index in [-0.39, 0.29) is 25.9 Å². The molecule has 1 heterocycles. The van der Waals surface area contributed by atoms with Crippen LogP contribution in [0.3, 0.4) is 0 Å². The van der Waals surface area contributed by atoms with Gasteiger partial charge in [-0.15, -0.1) is 0 Å². The lowest BCUT2D eigenvalue weighted by Gasteiger charge is -2.25. The lowest BCUT2D eigenvalue weighted by atomic mass is 10.2. The number of likely N-dealkylation sites (N-methyl/N-ethyl adjacent to an activating group) is 1. The standard InChI is InChI=1S/C8H17NO4.C7H15NO.CH4/c1-9-6(5-7(10)11-2)8(12-3)13-4;1-2-3-8-4-6-9-7-5-8;/h6,8-9H,5H2,1-4H3;2-7H2,1H3;1H4. The molecule has 0 aromatic carbocycles. The van der Waals surface area contributed by atoms with Crippen LogP contribution in [0.4, 0.5) is 0 Å². The molecule has 7 heteroatoms. The zero-order chi connectivity index (χ0) is 16.8. The molecule has 1 aliphatic rings. The van der Waals surface area contributed by atoms with Gasteiger partial charge in [-0.1, -0.05) is 14.4 Å². The smallest absolute Gasteiger partial charge is 0.307 e. The van der Waals surface area contributed by atoms with Crippen molar-refractivity contribution in [1.29, 1.82) is 0 Å². The van der Waals surface area contributed by atoms with Crippen LogP contribution in [0.2, 0.25) is 0 Å². The fourth-order valence-corrected chi connectivity index (χ4v) is 2.16. The maximum absolute atomic E-state index is 10.9. The van der Waals surface area contributed by atoms with Gasteiger partial charge < -0.3 is 24.3 Å². The summed E-state index contributed by atoms with van der Waals surface area (Å²) < 4.78 is 19.7. The number of nitrogens with zero attached hydrogens (tertiary/aromatic N) is 1. The molecule has 0 radical (unpaired) electrons. The fraction of sp³-hybridized carbons (Fsp3) is 0.938. The summed E-state index contributed by atoms with van der Waals surface area (Å²) in [6.45, 7) is 7.58. The first-order valence-electron chi connectivity index (χ1n) is 7.72. The van der Waals surface area contributed by atoms with Crippen molar-refractivity contribution < 1.29 is 23.7 Å². The number of ether oxygens (including phenoxy) is 4. The molecule has 0 aromatic heterocycles. The van der Waals surface area contributed by atoms with Gasteiger partial charge in [0.15, 0.2) is 6.29 Å². The van der Waals surface area contributed by atoms with Crippen molar-refractivity contribution in [2.45, 2.75) is 39.5 Å². The minimum atomic E-state index is -0.441. The molecule has 1 rings (SSSR count). The van der Waals surface area contributed by atoms with E-state index in [9.17, 15) is 4.79 Å². The van der Waals surface area contributed by atoms with Gasteiger partial charge in [0, 0.05) is 27.3 Å². The van der Waals surface area contributed by atoms with E-state index in [4.69, 9.17) is 14.2 Å². The largest absolute Gasteiger partial charge is 0.469 e.